The quantitative estimate of drug-likeness (QED) is 0.495. The molecule has 4 aromatic rings. The van der Waals surface area contributed by atoms with Crippen LogP contribution in [0.5, 0.6) is 0 Å². The van der Waals surface area contributed by atoms with E-state index in [0.29, 0.717) is 11.0 Å². The maximum Gasteiger partial charge on any atom is 0.232 e. The van der Waals surface area contributed by atoms with Crippen LogP contribution in [0.15, 0.2) is 35.8 Å². The van der Waals surface area contributed by atoms with E-state index in [-0.39, 0.29) is 12.3 Å². The zero-order valence-corrected chi connectivity index (χ0v) is 17.6. The fraction of sp³-hybridized carbons (Fsp3) is 0.300. The van der Waals surface area contributed by atoms with Crippen molar-refractivity contribution < 1.29 is 4.79 Å². The van der Waals surface area contributed by atoms with E-state index in [1.807, 2.05) is 16.0 Å². The highest BCUT2D eigenvalue weighted by molar-refractivity contribution is 7.15. The summed E-state index contributed by atoms with van der Waals surface area (Å²) in [5, 5.41) is 14.4. The van der Waals surface area contributed by atoms with Gasteiger partial charge in [0.25, 0.3) is 0 Å². The number of hydrogen-bond donors (Lipinski definition) is 1. The Bertz CT molecular complexity index is 1110. The van der Waals surface area contributed by atoms with Crippen molar-refractivity contribution in [2.24, 2.45) is 0 Å². The minimum atomic E-state index is -0.103. The van der Waals surface area contributed by atoms with Gasteiger partial charge in [-0.05, 0) is 12.0 Å². The predicted molar refractivity (Wildman–Crippen MR) is 114 cm³/mol. The summed E-state index contributed by atoms with van der Waals surface area (Å²) < 4.78 is 1.99. The number of aromatic nitrogens is 4. The van der Waals surface area contributed by atoms with Gasteiger partial charge >= 0.3 is 0 Å². The number of carbonyl (C=O) groups is 1. The first kappa shape index (κ1) is 18.8. The first-order valence-electron chi connectivity index (χ1n) is 9.21. The summed E-state index contributed by atoms with van der Waals surface area (Å²) >= 11 is 2.96. The van der Waals surface area contributed by atoms with Crippen LogP contribution in [0.2, 0.25) is 0 Å². The molecule has 4 rings (SSSR count). The Hall–Kier alpha value is -2.58. The molecule has 1 N–H and O–H groups in total. The molecular weight excluding hydrogens is 390 g/mol. The summed E-state index contributed by atoms with van der Waals surface area (Å²) in [7, 11) is 0. The van der Waals surface area contributed by atoms with Crippen LogP contribution in [0.4, 0.5) is 5.13 Å². The Morgan fingerprint density at radius 2 is 2.00 bits per heavy atom. The van der Waals surface area contributed by atoms with E-state index in [0.717, 1.165) is 33.3 Å². The van der Waals surface area contributed by atoms with E-state index in [4.69, 9.17) is 4.98 Å². The lowest BCUT2D eigenvalue weighted by molar-refractivity contribution is -0.115. The molecule has 0 radical (unpaired) electrons. The van der Waals surface area contributed by atoms with Gasteiger partial charge in [-0.3, -0.25) is 9.20 Å². The van der Waals surface area contributed by atoms with Crippen molar-refractivity contribution >= 4 is 38.7 Å². The van der Waals surface area contributed by atoms with Crippen LogP contribution in [-0.4, -0.2) is 25.5 Å². The lowest BCUT2D eigenvalue weighted by Gasteiger charge is -2.01. The first-order valence-corrected chi connectivity index (χ1v) is 10.9. The van der Waals surface area contributed by atoms with Crippen LogP contribution in [0.3, 0.4) is 0 Å². The molecular formula is C20H21N5OS2. The maximum atomic E-state index is 12.4. The molecule has 0 saturated carbocycles. The number of carbonyl (C=O) groups excluding carboxylic acids is 1. The average molecular weight is 412 g/mol. The third kappa shape index (κ3) is 3.83. The molecule has 3 heterocycles. The molecule has 144 valence electrons. The number of anilines is 1. The van der Waals surface area contributed by atoms with Crippen molar-refractivity contribution in [3.8, 4) is 11.3 Å². The molecule has 0 fully saturated rings. The van der Waals surface area contributed by atoms with E-state index in [2.05, 4.69) is 60.6 Å². The minimum Gasteiger partial charge on any atom is -0.300 e. The van der Waals surface area contributed by atoms with Crippen molar-refractivity contribution in [1.82, 2.24) is 19.6 Å². The average Bonchev–Trinajstić information content (AvgIpc) is 3.39. The third-order valence-electron chi connectivity index (χ3n) is 4.46. The van der Waals surface area contributed by atoms with E-state index in [9.17, 15) is 4.79 Å². The largest absolute Gasteiger partial charge is 0.300 e. The number of fused-ring (bicyclic) bond motifs is 1. The molecule has 6 nitrogen and oxygen atoms in total. The number of benzene rings is 1. The topological polar surface area (TPSA) is 72.2 Å². The minimum absolute atomic E-state index is 0.103. The molecule has 0 spiro atoms. The van der Waals surface area contributed by atoms with Crippen molar-refractivity contribution in [2.45, 2.75) is 39.5 Å². The molecule has 0 aliphatic rings. The lowest BCUT2D eigenvalue weighted by Crippen LogP contribution is -2.15. The first-order chi connectivity index (χ1) is 13.5. The van der Waals surface area contributed by atoms with Gasteiger partial charge < -0.3 is 5.32 Å². The molecule has 0 bridgehead atoms. The van der Waals surface area contributed by atoms with Gasteiger partial charge in [0.1, 0.15) is 5.01 Å². The number of nitrogens with zero attached hydrogens (tertiary/aromatic N) is 4. The monoisotopic (exact) mass is 411 g/mol. The summed E-state index contributed by atoms with van der Waals surface area (Å²) in [6, 6.07) is 8.45. The molecule has 0 aliphatic carbocycles. The number of rotatable bonds is 6. The molecule has 1 aromatic carbocycles. The van der Waals surface area contributed by atoms with Gasteiger partial charge in [-0.25, -0.2) is 4.98 Å². The molecule has 0 aliphatic heterocycles. The highest BCUT2D eigenvalue weighted by atomic mass is 32.1. The molecule has 8 heteroatoms. The SMILES string of the molecule is CCc1ccc(-c2cn3c(CC(=O)Nc4nnc(C(C)C)s4)csc3n2)cc1. The van der Waals surface area contributed by atoms with Gasteiger partial charge in [0.05, 0.1) is 12.1 Å². The second-order valence-corrected chi connectivity index (χ2v) is 8.73. The van der Waals surface area contributed by atoms with Gasteiger partial charge in [0, 0.05) is 28.8 Å². The summed E-state index contributed by atoms with van der Waals surface area (Å²) in [4.78, 5) is 18.0. The zero-order valence-electron chi connectivity index (χ0n) is 16.0. The fourth-order valence-electron chi connectivity index (χ4n) is 2.85. The van der Waals surface area contributed by atoms with Crippen molar-refractivity contribution in [3.05, 3.63) is 52.1 Å². The molecule has 0 atom stereocenters. The summed E-state index contributed by atoms with van der Waals surface area (Å²) in [6.45, 7) is 6.26. The molecule has 0 unspecified atom stereocenters. The number of aryl methyl sites for hydroxylation is 1. The van der Waals surface area contributed by atoms with E-state index < -0.39 is 0 Å². The molecule has 1 amide bonds. The van der Waals surface area contributed by atoms with Crippen LogP contribution in [0, 0.1) is 0 Å². The molecule has 0 saturated heterocycles. The van der Waals surface area contributed by atoms with Crippen molar-refractivity contribution in [3.63, 3.8) is 0 Å². The number of imidazole rings is 1. The Kier molecular flexibility index (Phi) is 5.23. The summed E-state index contributed by atoms with van der Waals surface area (Å²) in [5.41, 5.74) is 4.22. The van der Waals surface area contributed by atoms with Crippen LogP contribution in [0.25, 0.3) is 16.2 Å². The zero-order chi connectivity index (χ0) is 19.7. The van der Waals surface area contributed by atoms with Crippen LogP contribution < -0.4 is 5.32 Å². The third-order valence-corrected chi connectivity index (χ3v) is 6.49. The summed E-state index contributed by atoms with van der Waals surface area (Å²) in [5.74, 6) is 0.198. The number of nitrogens with one attached hydrogen (secondary N) is 1. The van der Waals surface area contributed by atoms with Gasteiger partial charge in [0.15, 0.2) is 4.96 Å². The highest BCUT2D eigenvalue weighted by Crippen LogP contribution is 2.25. The second kappa shape index (κ2) is 7.81. The number of thiazole rings is 1. The normalized spacial score (nSPS) is 11.4. The van der Waals surface area contributed by atoms with Crippen molar-refractivity contribution in [1.29, 1.82) is 0 Å². The van der Waals surface area contributed by atoms with Crippen LogP contribution in [0.1, 0.15) is 43.0 Å². The lowest BCUT2D eigenvalue weighted by atomic mass is 10.1. The van der Waals surface area contributed by atoms with E-state index in [1.54, 1.807) is 0 Å². The Morgan fingerprint density at radius 1 is 1.21 bits per heavy atom. The second-order valence-electron chi connectivity index (χ2n) is 6.88. The standard InChI is InChI=1S/C20H21N5OS2/c1-4-13-5-7-14(8-6-13)16-10-25-15(11-27-20(25)21-16)9-17(26)22-19-24-23-18(28-19)12(2)3/h5-8,10-12H,4,9H2,1-3H3,(H,22,24,26). The molecule has 28 heavy (non-hydrogen) atoms. The van der Waals surface area contributed by atoms with Crippen LogP contribution >= 0.6 is 22.7 Å². The smallest absolute Gasteiger partial charge is 0.232 e. The molecule has 3 aromatic heterocycles. The maximum absolute atomic E-state index is 12.4. The van der Waals surface area contributed by atoms with E-state index in [1.165, 1.54) is 28.2 Å². The number of hydrogen-bond acceptors (Lipinski definition) is 6. The fourth-order valence-corrected chi connectivity index (χ4v) is 4.49. The van der Waals surface area contributed by atoms with E-state index >= 15 is 0 Å². The van der Waals surface area contributed by atoms with Crippen molar-refractivity contribution in [2.75, 3.05) is 5.32 Å². The Balaban J connectivity index is 1.50. The Morgan fingerprint density at radius 3 is 2.68 bits per heavy atom. The summed E-state index contributed by atoms with van der Waals surface area (Å²) in [6.07, 6.45) is 3.28. The van der Waals surface area contributed by atoms with Gasteiger partial charge in [-0.1, -0.05) is 56.4 Å². The van der Waals surface area contributed by atoms with Gasteiger partial charge in [-0.2, -0.15) is 0 Å². The van der Waals surface area contributed by atoms with Crippen LogP contribution in [-0.2, 0) is 17.6 Å². The highest BCUT2D eigenvalue weighted by Gasteiger charge is 2.15. The number of amides is 1. The van der Waals surface area contributed by atoms with Gasteiger partial charge in [-0.15, -0.1) is 21.5 Å². The van der Waals surface area contributed by atoms with Gasteiger partial charge in [0.2, 0.25) is 11.0 Å². The predicted octanol–water partition coefficient (Wildman–Crippen LogP) is 4.78. The Labute approximate surface area is 171 Å².